The molecule has 20 heavy (non-hydrogen) atoms. The van der Waals surface area contributed by atoms with Crippen LogP contribution in [0.2, 0.25) is 5.15 Å². The third-order valence-corrected chi connectivity index (χ3v) is 4.24. The first kappa shape index (κ1) is 13.4. The lowest BCUT2D eigenvalue weighted by Crippen LogP contribution is -1.93. The monoisotopic (exact) mass is 300 g/mol. The molecule has 0 bridgehead atoms. The van der Waals surface area contributed by atoms with Crippen molar-refractivity contribution in [1.29, 1.82) is 0 Å². The Morgan fingerprint density at radius 3 is 2.65 bits per heavy atom. The second kappa shape index (κ2) is 5.43. The van der Waals surface area contributed by atoms with Crippen LogP contribution in [0.5, 0.6) is 0 Å². The summed E-state index contributed by atoms with van der Waals surface area (Å²) < 4.78 is 0. The molecule has 0 radical (unpaired) electrons. The van der Waals surface area contributed by atoms with Crippen LogP contribution in [0.15, 0.2) is 47.4 Å². The molecule has 0 aliphatic heterocycles. The van der Waals surface area contributed by atoms with Crippen LogP contribution in [-0.2, 0) is 0 Å². The topological polar surface area (TPSA) is 25.8 Å². The number of hydrogen-bond donors (Lipinski definition) is 0. The lowest BCUT2D eigenvalue weighted by Gasteiger charge is -2.08. The van der Waals surface area contributed by atoms with Gasteiger partial charge in [-0.15, -0.1) is 11.8 Å². The Morgan fingerprint density at radius 2 is 1.85 bits per heavy atom. The molecule has 0 aliphatic rings. The van der Waals surface area contributed by atoms with Crippen LogP contribution in [0.1, 0.15) is 5.56 Å². The van der Waals surface area contributed by atoms with E-state index in [0.29, 0.717) is 11.0 Å². The zero-order valence-corrected chi connectivity index (χ0v) is 12.8. The first-order chi connectivity index (χ1) is 9.69. The first-order valence-electron chi connectivity index (χ1n) is 6.26. The molecule has 0 aliphatic carbocycles. The Morgan fingerprint density at radius 1 is 1.05 bits per heavy atom. The highest BCUT2D eigenvalue weighted by molar-refractivity contribution is 7.98. The maximum Gasteiger partial charge on any atom is 0.162 e. The highest BCUT2D eigenvalue weighted by Crippen LogP contribution is 2.30. The lowest BCUT2D eigenvalue weighted by molar-refractivity contribution is 1.20. The number of rotatable bonds is 2. The molecular weight excluding hydrogens is 288 g/mol. The van der Waals surface area contributed by atoms with Crippen LogP contribution >= 0.6 is 23.4 Å². The molecule has 0 amide bonds. The predicted molar refractivity (Wildman–Crippen MR) is 86.5 cm³/mol. The number of fused-ring (bicyclic) bond motifs is 1. The van der Waals surface area contributed by atoms with Gasteiger partial charge in [0.2, 0.25) is 0 Å². The van der Waals surface area contributed by atoms with E-state index in [-0.39, 0.29) is 0 Å². The quantitative estimate of drug-likeness (QED) is 0.493. The molecule has 0 atom stereocenters. The third kappa shape index (κ3) is 2.39. The highest BCUT2D eigenvalue weighted by atomic mass is 35.5. The van der Waals surface area contributed by atoms with Crippen molar-refractivity contribution >= 4 is 34.3 Å². The van der Waals surface area contributed by atoms with Gasteiger partial charge in [-0.25, -0.2) is 9.97 Å². The Kier molecular flexibility index (Phi) is 3.64. The molecule has 1 heterocycles. The first-order valence-corrected chi connectivity index (χ1v) is 7.86. The van der Waals surface area contributed by atoms with Crippen LogP contribution in [0, 0.1) is 6.92 Å². The minimum absolute atomic E-state index is 0.504. The molecule has 1 aromatic heterocycles. The van der Waals surface area contributed by atoms with E-state index in [0.717, 1.165) is 26.9 Å². The van der Waals surface area contributed by atoms with E-state index in [1.54, 1.807) is 11.8 Å². The van der Waals surface area contributed by atoms with E-state index in [9.17, 15) is 0 Å². The van der Waals surface area contributed by atoms with E-state index >= 15 is 0 Å². The van der Waals surface area contributed by atoms with E-state index < -0.39 is 0 Å². The van der Waals surface area contributed by atoms with Crippen molar-refractivity contribution in [3.8, 4) is 11.4 Å². The molecule has 3 rings (SSSR count). The number of aryl methyl sites for hydroxylation is 1. The van der Waals surface area contributed by atoms with Gasteiger partial charge in [-0.05, 0) is 31.4 Å². The lowest BCUT2D eigenvalue weighted by atomic mass is 10.1. The number of hydrogen-bond acceptors (Lipinski definition) is 3. The van der Waals surface area contributed by atoms with Crippen molar-refractivity contribution in [2.75, 3.05) is 6.26 Å². The Hall–Kier alpha value is -1.58. The molecule has 0 unspecified atom stereocenters. The minimum atomic E-state index is 0.504. The van der Waals surface area contributed by atoms with Gasteiger partial charge in [0.25, 0.3) is 0 Å². The smallest absolute Gasteiger partial charge is 0.162 e. The maximum absolute atomic E-state index is 6.32. The molecule has 0 saturated carbocycles. The van der Waals surface area contributed by atoms with Crippen molar-refractivity contribution in [3.63, 3.8) is 0 Å². The van der Waals surface area contributed by atoms with Gasteiger partial charge in [0.05, 0.1) is 5.52 Å². The maximum atomic E-state index is 6.32. The Balaban J connectivity index is 2.25. The SMILES string of the molecule is CSc1ccccc1-c1nc(Cl)c2cc(C)ccc2n1. The average Bonchev–Trinajstić information content (AvgIpc) is 2.47. The van der Waals surface area contributed by atoms with Gasteiger partial charge in [-0.3, -0.25) is 0 Å². The third-order valence-electron chi connectivity index (χ3n) is 3.15. The number of halogens is 1. The number of aromatic nitrogens is 2. The van der Waals surface area contributed by atoms with Crippen LogP contribution < -0.4 is 0 Å². The summed E-state index contributed by atoms with van der Waals surface area (Å²) >= 11 is 8.00. The van der Waals surface area contributed by atoms with Crippen molar-refractivity contribution < 1.29 is 0 Å². The number of thioether (sulfide) groups is 1. The summed E-state index contributed by atoms with van der Waals surface area (Å²) in [6.45, 7) is 2.03. The Bertz CT molecular complexity index is 787. The second-order valence-corrected chi connectivity index (χ2v) is 5.76. The minimum Gasteiger partial charge on any atom is -0.228 e. The van der Waals surface area contributed by atoms with Crippen molar-refractivity contribution in [2.24, 2.45) is 0 Å². The summed E-state index contributed by atoms with van der Waals surface area (Å²) in [5.74, 6) is 0.677. The molecule has 4 heteroatoms. The second-order valence-electron chi connectivity index (χ2n) is 4.56. The van der Waals surface area contributed by atoms with Crippen LogP contribution in [0.25, 0.3) is 22.3 Å². The van der Waals surface area contributed by atoms with Crippen LogP contribution in [0.4, 0.5) is 0 Å². The van der Waals surface area contributed by atoms with Gasteiger partial charge < -0.3 is 0 Å². The van der Waals surface area contributed by atoms with Crippen LogP contribution in [-0.4, -0.2) is 16.2 Å². The van der Waals surface area contributed by atoms with E-state index in [1.165, 1.54) is 0 Å². The number of nitrogens with zero attached hydrogens (tertiary/aromatic N) is 2. The molecule has 2 nitrogen and oxygen atoms in total. The molecule has 0 fully saturated rings. The van der Waals surface area contributed by atoms with Gasteiger partial charge in [0.15, 0.2) is 5.82 Å². The highest BCUT2D eigenvalue weighted by Gasteiger charge is 2.11. The standard InChI is InChI=1S/C16H13ClN2S/c1-10-7-8-13-12(9-10)15(17)19-16(18-13)11-5-3-4-6-14(11)20-2/h3-9H,1-2H3. The molecule has 0 spiro atoms. The average molecular weight is 301 g/mol. The van der Waals surface area contributed by atoms with Gasteiger partial charge in [0, 0.05) is 15.8 Å². The summed E-state index contributed by atoms with van der Waals surface area (Å²) in [5, 5.41) is 1.40. The largest absolute Gasteiger partial charge is 0.228 e. The van der Waals surface area contributed by atoms with Gasteiger partial charge >= 0.3 is 0 Å². The fourth-order valence-corrected chi connectivity index (χ4v) is 2.98. The Labute approximate surface area is 127 Å². The molecule has 3 aromatic rings. The summed E-state index contributed by atoms with van der Waals surface area (Å²) in [6.07, 6.45) is 2.05. The molecule has 100 valence electrons. The predicted octanol–water partition coefficient (Wildman–Crippen LogP) is 4.98. The summed E-state index contributed by atoms with van der Waals surface area (Å²) in [6, 6.07) is 14.1. The van der Waals surface area contributed by atoms with E-state index in [1.807, 2.05) is 49.6 Å². The summed E-state index contributed by atoms with van der Waals surface area (Å²) in [4.78, 5) is 10.3. The molecular formula is C16H13ClN2S. The van der Waals surface area contributed by atoms with Crippen molar-refractivity contribution in [1.82, 2.24) is 9.97 Å². The molecule has 0 saturated heterocycles. The number of benzene rings is 2. The van der Waals surface area contributed by atoms with E-state index in [2.05, 4.69) is 16.0 Å². The summed E-state index contributed by atoms with van der Waals surface area (Å²) in [7, 11) is 0. The van der Waals surface area contributed by atoms with Gasteiger partial charge in [0.1, 0.15) is 5.15 Å². The molecule has 0 N–H and O–H groups in total. The van der Waals surface area contributed by atoms with Crippen LogP contribution in [0.3, 0.4) is 0 Å². The zero-order valence-electron chi connectivity index (χ0n) is 11.2. The fraction of sp³-hybridized carbons (Fsp3) is 0.125. The van der Waals surface area contributed by atoms with Crippen molar-refractivity contribution in [3.05, 3.63) is 53.2 Å². The zero-order chi connectivity index (χ0) is 14.1. The fourth-order valence-electron chi connectivity index (χ4n) is 2.15. The van der Waals surface area contributed by atoms with Gasteiger partial charge in [-0.2, -0.15) is 0 Å². The summed E-state index contributed by atoms with van der Waals surface area (Å²) in [5.41, 5.74) is 3.05. The van der Waals surface area contributed by atoms with E-state index in [4.69, 9.17) is 11.6 Å². The van der Waals surface area contributed by atoms with Crippen molar-refractivity contribution in [2.45, 2.75) is 11.8 Å². The molecule has 2 aromatic carbocycles. The van der Waals surface area contributed by atoms with Gasteiger partial charge in [-0.1, -0.05) is 41.4 Å². The normalized spacial score (nSPS) is 10.9.